The highest BCUT2D eigenvalue weighted by Crippen LogP contribution is 2.11. The molecular formula is C11H21NO. The quantitative estimate of drug-likeness (QED) is 0.668. The van der Waals surface area contributed by atoms with Gasteiger partial charge in [0, 0.05) is 5.69 Å². The summed E-state index contributed by atoms with van der Waals surface area (Å²) in [5.41, 5.74) is 1.63. The third kappa shape index (κ3) is 6.14. The molecule has 0 bridgehead atoms. The zero-order valence-electron chi connectivity index (χ0n) is 9.55. The average molecular weight is 183 g/mol. The van der Waals surface area contributed by atoms with Gasteiger partial charge in [-0.3, -0.25) is 4.98 Å². The molecule has 1 heterocycles. The van der Waals surface area contributed by atoms with Crippen LogP contribution in [-0.2, 0) is 0 Å². The Morgan fingerprint density at radius 3 is 1.77 bits per heavy atom. The summed E-state index contributed by atoms with van der Waals surface area (Å²) in [6, 6.07) is 3.43. The minimum Gasteiger partial charge on any atom is -0.506 e. The van der Waals surface area contributed by atoms with Gasteiger partial charge in [0.2, 0.25) is 0 Å². The molecular weight excluding hydrogens is 162 g/mol. The molecule has 0 aliphatic heterocycles. The van der Waals surface area contributed by atoms with Crippen LogP contribution < -0.4 is 0 Å². The first-order valence-corrected chi connectivity index (χ1v) is 4.83. The molecule has 0 spiro atoms. The molecule has 0 radical (unpaired) electrons. The van der Waals surface area contributed by atoms with Crippen LogP contribution in [0.15, 0.2) is 12.1 Å². The van der Waals surface area contributed by atoms with E-state index in [9.17, 15) is 0 Å². The summed E-state index contributed by atoms with van der Waals surface area (Å²) in [5, 5.41) is 8.98. The Labute approximate surface area is 81.6 Å². The van der Waals surface area contributed by atoms with Crippen molar-refractivity contribution in [2.75, 3.05) is 0 Å². The van der Waals surface area contributed by atoms with Gasteiger partial charge >= 0.3 is 0 Å². The van der Waals surface area contributed by atoms with Crippen LogP contribution in [0, 0.1) is 13.8 Å². The van der Waals surface area contributed by atoms with E-state index < -0.39 is 0 Å². The van der Waals surface area contributed by atoms with Crippen molar-refractivity contribution in [1.82, 2.24) is 4.98 Å². The highest BCUT2D eigenvalue weighted by Gasteiger charge is 1.93. The molecule has 0 aromatic carbocycles. The van der Waals surface area contributed by atoms with Gasteiger partial charge in [-0.1, -0.05) is 27.7 Å². The zero-order chi connectivity index (χ0) is 10.9. The van der Waals surface area contributed by atoms with E-state index in [0.717, 1.165) is 5.69 Å². The van der Waals surface area contributed by atoms with Crippen LogP contribution in [0.2, 0.25) is 0 Å². The van der Waals surface area contributed by atoms with Gasteiger partial charge in [-0.05, 0) is 26.0 Å². The van der Waals surface area contributed by atoms with Crippen molar-refractivity contribution in [2.45, 2.75) is 41.5 Å². The number of pyridine rings is 1. The molecule has 0 saturated heterocycles. The highest BCUT2D eigenvalue weighted by molar-refractivity contribution is 5.25. The summed E-state index contributed by atoms with van der Waals surface area (Å²) in [6.07, 6.45) is 0. The second kappa shape index (κ2) is 9.04. The third-order valence-electron chi connectivity index (χ3n) is 1.20. The molecule has 0 aliphatic carbocycles. The molecule has 0 saturated carbocycles. The lowest BCUT2D eigenvalue weighted by Crippen LogP contribution is -1.83. The summed E-state index contributed by atoms with van der Waals surface area (Å²) < 4.78 is 0. The zero-order valence-corrected chi connectivity index (χ0v) is 9.55. The maximum absolute atomic E-state index is 8.98. The van der Waals surface area contributed by atoms with Crippen LogP contribution in [0.1, 0.15) is 39.1 Å². The lowest BCUT2D eigenvalue weighted by atomic mass is 10.3. The van der Waals surface area contributed by atoms with E-state index in [4.69, 9.17) is 5.11 Å². The number of hydrogen-bond donors (Lipinski definition) is 1. The summed E-state index contributed by atoms with van der Waals surface area (Å²) in [6.45, 7) is 11.7. The number of aromatic hydroxyl groups is 1. The van der Waals surface area contributed by atoms with Crippen LogP contribution in [0.5, 0.6) is 5.75 Å². The van der Waals surface area contributed by atoms with Gasteiger partial charge in [0.15, 0.2) is 0 Å². The molecule has 0 unspecified atom stereocenters. The summed E-state index contributed by atoms with van der Waals surface area (Å²) in [5.74, 6) is 0.264. The molecule has 2 nitrogen and oxygen atoms in total. The Kier molecular flexibility index (Phi) is 10.1. The first-order valence-electron chi connectivity index (χ1n) is 4.83. The number of rotatable bonds is 0. The maximum atomic E-state index is 8.98. The normalized spacial score (nSPS) is 7.54. The molecule has 76 valence electrons. The standard InChI is InChI=1S/C7H9NO.2C2H6/c1-5-3-4-7(9)6(2)8-5;2*1-2/h3-4,9H,1-2H3;2*1-2H3. The predicted octanol–water partition coefficient (Wildman–Crippen LogP) is 3.46. The largest absolute Gasteiger partial charge is 0.506 e. The van der Waals surface area contributed by atoms with E-state index >= 15 is 0 Å². The fraction of sp³-hybridized carbons (Fsp3) is 0.545. The number of aromatic nitrogens is 1. The van der Waals surface area contributed by atoms with Crippen molar-refractivity contribution in [3.8, 4) is 5.75 Å². The lowest BCUT2D eigenvalue weighted by molar-refractivity contribution is 0.467. The minimum atomic E-state index is 0.264. The fourth-order valence-corrected chi connectivity index (χ4v) is 0.679. The van der Waals surface area contributed by atoms with Gasteiger partial charge < -0.3 is 5.11 Å². The molecule has 1 aromatic rings. The van der Waals surface area contributed by atoms with Crippen LogP contribution >= 0.6 is 0 Å². The Morgan fingerprint density at radius 2 is 1.46 bits per heavy atom. The summed E-state index contributed by atoms with van der Waals surface area (Å²) in [7, 11) is 0. The van der Waals surface area contributed by atoms with Crippen LogP contribution in [0.3, 0.4) is 0 Å². The van der Waals surface area contributed by atoms with Crippen LogP contribution in [0.4, 0.5) is 0 Å². The molecule has 13 heavy (non-hydrogen) atoms. The van der Waals surface area contributed by atoms with Gasteiger partial charge in [-0.25, -0.2) is 0 Å². The van der Waals surface area contributed by atoms with Crippen molar-refractivity contribution in [3.05, 3.63) is 23.5 Å². The third-order valence-corrected chi connectivity index (χ3v) is 1.20. The minimum absolute atomic E-state index is 0.264. The van der Waals surface area contributed by atoms with E-state index in [2.05, 4.69) is 4.98 Å². The highest BCUT2D eigenvalue weighted by atomic mass is 16.3. The van der Waals surface area contributed by atoms with Crippen LogP contribution in [0.25, 0.3) is 0 Å². The molecule has 0 atom stereocenters. The predicted molar refractivity (Wildman–Crippen MR) is 58.1 cm³/mol. The Morgan fingerprint density at radius 1 is 1.00 bits per heavy atom. The molecule has 0 fully saturated rings. The van der Waals surface area contributed by atoms with Crippen molar-refractivity contribution in [1.29, 1.82) is 0 Å². The number of hydrogen-bond acceptors (Lipinski definition) is 2. The smallest absolute Gasteiger partial charge is 0.136 e. The van der Waals surface area contributed by atoms with Crippen LogP contribution in [-0.4, -0.2) is 10.1 Å². The van der Waals surface area contributed by atoms with E-state index in [1.165, 1.54) is 0 Å². The number of nitrogens with zero attached hydrogens (tertiary/aromatic N) is 1. The Hall–Kier alpha value is -1.05. The summed E-state index contributed by atoms with van der Waals surface area (Å²) >= 11 is 0. The SMILES string of the molecule is CC.CC.Cc1ccc(O)c(C)n1. The van der Waals surface area contributed by atoms with Crippen molar-refractivity contribution < 1.29 is 5.11 Å². The van der Waals surface area contributed by atoms with Crippen molar-refractivity contribution >= 4 is 0 Å². The maximum Gasteiger partial charge on any atom is 0.136 e. The van der Waals surface area contributed by atoms with E-state index in [0.29, 0.717) is 5.69 Å². The second-order valence-electron chi connectivity index (χ2n) is 2.06. The van der Waals surface area contributed by atoms with Gasteiger partial charge in [-0.15, -0.1) is 0 Å². The van der Waals surface area contributed by atoms with E-state index in [1.54, 1.807) is 19.1 Å². The molecule has 1 rings (SSSR count). The number of aryl methyl sites for hydroxylation is 2. The molecule has 0 aliphatic rings. The molecule has 1 aromatic heterocycles. The summed E-state index contributed by atoms with van der Waals surface area (Å²) in [4.78, 5) is 4.02. The van der Waals surface area contributed by atoms with E-state index in [1.807, 2.05) is 34.6 Å². The van der Waals surface area contributed by atoms with Gasteiger partial charge in [0.25, 0.3) is 0 Å². The van der Waals surface area contributed by atoms with Gasteiger partial charge in [0.05, 0.1) is 5.69 Å². The van der Waals surface area contributed by atoms with Crippen molar-refractivity contribution in [3.63, 3.8) is 0 Å². The van der Waals surface area contributed by atoms with Crippen molar-refractivity contribution in [2.24, 2.45) is 0 Å². The molecule has 0 amide bonds. The molecule has 1 N–H and O–H groups in total. The van der Waals surface area contributed by atoms with Gasteiger partial charge in [-0.2, -0.15) is 0 Å². The molecule has 2 heteroatoms. The second-order valence-corrected chi connectivity index (χ2v) is 2.06. The first-order chi connectivity index (χ1) is 6.20. The topological polar surface area (TPSA) is 33.1 Å². The first kappa shape index (κ1) is 14.5. The Bertz CT molecular complexity index is 221. The van der Waals surface area contributed by atoms with E-state index in [-0.39, 0.29) is 5.75 Å². The Balaban J connectivity index is 0. The average Bonchev–Trinajstić information content (AvgIpc) is 2.18. The fourth-order valence-electron chi connectivity index (χ4n) is 0.679. The van der Waals surface area contributed by atoms with Gasteiger partial charge in [0.1, 0.15) is 5.75 Å². The monoisotopic (exact) mass is 183 g/mol. The lowest BCUT2D eigenvalue weighted by Gasteiger charge is -1.96.